The Hall–Kier alpha value is -3.96. The minimum atomic E-state index is -4.85. The van der Waals surface area contributed by atoms with E-state index in [-0.39, 0.29) is 28.1 Å². The number of aromatic nitrogens is 5. The maximum absolute atomic E-state index is 14.1. The van der Waals surface area contributed by atoms with Crippen LogP contribution in [0.1, 0.15) is 22.3 Å². The highest BCUT2D eigenvalue weighted by Crippen LogP contribution is 2.45. The molecule has 2 heterocycles. The molecule has 4 rings (SSSR count). The van der Waals surface area contributed by atoms with E-state index in [1.165, 1.54) is 24.9 Å². The van der Waals surface area contributed by atoms with Gasteiger partial charge in [0.2, 0.25) is 0 Å². The predicted octanol–water partition coefficient (Wildman–Crippen LogP) is 3.36. The normalized spacial score (nSPS) is 15.2. The number of halogens is 5. The Morgan fingerprint density at radius 2 is 1.87 bits per heavy atom. The Morgan fingerprint density at radius 3 is 2.52 bits per heavy atom. The maximum Gasteiger partial charge on any atom is 0.416 e. The van der Waals surface area contributed by atoms with Gasteiger partial charge >= 0.3 is 6.18 Å². The Labute approximate surface area is 170 Å². The number of carbonyl (C=O) groups is 1. The molecule has 2 N–H and O–H groups in total. The van der Waals surface area contributed by atoms with Gasteiger partial charge in [-0.1, -0.05) is 6.08 Å². The first-order valence-corrected chi connectivity index (χ1v) is 8.57. The molecule has 0 saturated carbocycles. The van der Waals surface area contributed by atoms with Crippen molar-refractivity contribution in [3.8, 4) is 11.4 Å². The highest BCUT2D eigenvalue weighted by atomic mass is 19.4. The molecule has 0 saturated heterocycles. The van der Waals surface area contributed by atoms with E-state index in [0.717, 1.165) is 17.1 Å². The van der Waals surface area contributed by atoms with E-state index in [1.54, 1.807) is 0 Å². The molecular formula is C19H11F5N6O. The van der Waals surface area contributed by atoms with Crippen molar-refractivity contribution in [2.75, 3.05) is 0 Å². The second-order valence-corrected chi connectivity index (χ2v) is 6.52. The van der Waals surface area contributed by atoms with Crippen LogP contribution >= 0.6 is 0 Å². The molecule has 1 aliphatic rings. The lowest BCUT2D eigenvalue weighted by Crippen LogP contribution is -2.14. The van der Waals surface area contributed by atoms with Gasteiger partial charge in [0.15, 0.2) is 5.82 Å². The minimum Gasteiger partial charge on any atom is -0.366 e. The molecule has 0 spiro atoms. The summed E-state index contributed by atoms with van der Waals surface area (Å²) in [5.41, 5.74) is 3.20. The van der Waals surface area contributed by atoms with Crippen molar-refractivity contribution in [1.82, 2.24) is 24.7 Å². The Morgan fingerprint density at radius 1 is 1.16 bits per heavy atom. The zero-order chi connectivity index (χ0) is 22.4. The largest absolute Gasteiger partial charge is 0.416 e. The zero-order valence-corrected chi connectivity index (χ0v) is 15.3. The number of primary amides is 1. The second-order valence-electron chi connectivity index (χ2n) is 6.52. The number of rotatable bonds is 4. The van der Waals surface area contributed by atoms with Crippen molar-refractivity contribution in [3.05, 3.63) is 65.5 Å². The van der Waals surface area contributed by atoms with Gasteiger partial charge in [-0.25, -0.2) is 19.6 Å². The van der Waals surface area contributed by atoms with Crippen molar-refractivity contribution in [2.45, 2.75) is 12.1 Å². The lowest BCUT2D eigenvalue weighted by atomic mass is 9.97. The third-order valence-electron chi connectivity index (χ3n) is 4.47. The van der Waals surface area contributed by atoms with Crippen LogP contribution in [-0.2, 0) is 16.9 Å². The molecule has 3 aromatic rings. The fraction of sp³-hybridized carbons (Fsp3) is 0.105. The van der Waals surface area contributed by atoms with E-state index in [2.05, 4.69) is 20.1 Å². The number of fused-ring (bicyclic) bond motifs is 1. The van der Waals surface area contributed by atoms with Gasteiger partial charge in [0.25, 0.3) is 11.8 Å². The van der Waals surface area contributed by atoms with Crippen LogP contribution in [0.5, 0.6) is 0 Å². The molecule has 0 radical (unpaired) electrons. The number of hydrogen-bond donors (Lipinski definition) is 1. The Balaban J connectivity index is 1.82. The molecule has 31 heavy (non-hydrogen) atoms. The maximum atomic E-state index is 14.1. The third kappa shape index (κ3) is 3.79. The summed E-state index contributed by atoms with van der Waals surface area (Å²) in [6.07, 6.45) is 2.87. The molecule has 1 aliphatic carbocycles. The number of nitrogens with zero attached hydrogens (tertiary/aromatic N) is 5. The Bertz CT molecular complexity index is 1230. The molecule has 2 aromatic heterocycles. The first-order chi connectivity index (χ1) is 14.6. The zero-order valence-electron chi connectivity index (χ0n) is 15.3. The van der Waals surface area contributed by atoms with E-state index in [1.807, 2.05) is 0 Å². The van der Waals surface area contributed by atoms with Crippen molar-refractivity contribution >= 4 is 23.8 Å². The number of nitrogens with two attached hydrogens (primary N) is 1. The minimum absolute atomic E-state index is 0.0437. The van der Waals surface area contributed by atoms with Gasteiger partial charge in [-0.05, 0) is 23.8 Å². The fourth-order valence-electron chi connectivity index (χ4n) is 3.05. The van der Waals surface area contributed by atoms with E-state index >= 15 is 0 Å². The van der Waals surface area contributed by atoms with Crippen molar-refractivity contribution in [1.29, 1.82) is 0 Å². The standard InChI is InChI=1S/C19H11F5N6O/c20-18(21)2-1-12-13(3-11(4-15(12)18)19(22,23)24)17-28-9-30(29-17)7-14(16(25)31)10-5-26-8-27-6-10/h1-9H,(H2,25,31)/b14-7+. The van der Waals surface area contributed by atoms with E-state index < -0.39 is 29.1 Å². The molecule has 0 atom stereocenters. The molecule has 0 bridgehead atoms. The van der Waals surface area contributed by atoms with Crippen LogP contribution in [-0.4, -0.2) is 30.6 Å². The number of carbonyl (C=O) groups excluding carboxylic acids is 1. The average Bonchev–Trinajstić information content (AvgIpc) is 3.29. The van der Waals surface area contributed by atoms with Crippen LogP contribution in [0.3, 0.4) is 0 Å². The summed E-state index contributed by atoms with van der Waals surface area (Å²) in [4.78, 5) is 23.3. The molecule has 7 nitrogen and oxygen atoms in total. The smallest absolute Gasteiger partial charge is 0.366 e. The van der Waals surface area contributed by atoms with Gasteiger partial charge in [0, 0.05) is 35.3 Å². The third-order valence-corrected chi connectivity index (χ3v) is 4.47. The summed E-state index contributed by atoms with van der Waals surface area (Å²) in [6.45, 7) is 0. The molecule has 12 heteroatoms. The number of hydrogen-bond acceptors (Lipinski definition) is 5. The number of alkyl halides is 5. The van der Waals surface area contributed by atoms with Crippen LogP contribution in [0, 0.1) is 0 Å². The molecule has 0 fully saturated rings. The number of amides is 1. The molecule has 0 aliphatic heterocycles. The fourth-order valence-corrected chi connectivity index (χ4v) is 3.05. The van der Waals surface area contributed by atoms with E-state index in [9.17, 15) is 26.7 Å². The SMILES string of the molecule is NC(=O)/C(=C/n1cnc(-c2cc(C(F)(F)F)cc3c2C=CC3(F)F)n1)c1cncnc1. The van der Waals surface area contributed by atoms with Gasteiger partial charge < -0.3 is 5.73 Å². The van der Waals surface area contributed by atoms with Gasteiger partial charge in [-0.3, -0.25) is 4.79 Å². The summed E-state index contributed by atoms with van der Waals surface area (Å²) in [5.74, 6) is -4.64. The van der Waals surface area contributed by atoms with Gasteiger partial charge in [0.1, 0.15) is 12.7 Å². The molecule has 1 amide bonds. The van der Waals surface area contributed by atoms with Crippen molar-refractivity contribution in [2.24, 2.45) is 5.73 Å². The van der Waals surface area contributed by atoms with E-state index in [4.69, 9.17) is 5.73 Å². The predicted molar refractivity (Wildman–Crippen MR) is 98.8 cm³/mol. The topological polar surface area (TPSA) is 99.6 Å². The quantitative estimate of drug-likeness (QED) is 0.502. The first-order valence-electron chi connectivity index (χ1n) is 8.57. The second kappa shape index (κ2) is 7.07. The molecule has 158 valence electrons. The lowest BCUT2D eigenvalue weighted by molar-refractivity contribution is -0.137. The highest BCUT2D eigenvalue weighted by Gasteiger charge is 2.40. The van der Waals surface area contributed by atoms with Crippen molar-refractivity contribution < 1.29 is 26.7 Å². The highest BCUT2D eigenvalue weighted by molar-refractivity contribution is 6.22. The molecule has 0 unspecified atom stereocenters. The number of allylic oxidation sites excluding steroid dienone is 1. The summed E-state index contributed by atoms with van der Waals surface area (Å²) in [6, 6.07) is 1.12. The Kier molecular flexibility index (Phi) is 4.64. The van der Waals surface area contributed by atoms with Crippen LogP contribution in [0.15, 0.2) is 43.3 Å². The average molecular weight is 434 g/mol. The van der Waals surface area contributed by atoms with Gasteiger partial charge in [-0.2, -0.15) is 22.0 Å². The lowest BCUT2D eigenvalue weighted by Gasteiger charge is -2.15. The summed E-state index contributed by atoms with van der Waals surface area (Å²) < 4.78 is 69.0. The van der Waals surface area contributed by atoms with Crippen LogP contribution in [0.2, 0.25) is 0 Å². The summed E-state index contributed by atoms with van der Waals surface area (Å²) >= 11 is 0. The molecule has 1 aromatic carbocycles. The van der Waals surface area contributed by atoms with Crippen LogP contribution < -0.4 is 5.73 Å². The van der Waals surface area contributed by atoms with Gasteiger partial charge in [-0.15, -0.1) is 5.10 Å². The summed E-state index contributed by atoms with van der Waals surface area (Å²) in [5, 5.41) is 4.01. The monoisotopic (exact) mass is 434 g/mol. The number of benzene rings is 1. The van der Waals surface area contributed by atoms with Crippen molar-refractivity contribution in [3.63, 3.8) is 0 Å². The van der Waals surface area contributed by atoms with Crippen LogP contribution in [0.25, 0.3) is 29.2 Å². The summed E-state index contributed by atoms with van der Waals surface area (Å²) in [7, 11) is 0. The molecular weight excluding hydrogens is 423 g/mol. The van der Waals surface area contributed by atoms with Crippen LogP contribution in [0.4, 0.5) is 22.0 Å². The van der Waals surface area contributed by atoms with E-state index in [0.29, 0.717) is 18.2 Å². The van der Waals surface area contributed by atoms with Gasteiger partial charge in [0.05, 0.1) is 11.1 Å². The first kappa shape index (κ1) is 20.3.